The van der Waals surface area contributed by atoms with E-state index < -0.39 is 5.79 Å². The molecule has 0 aromatic rings. The third kappa shape index (κ3) is 15.7. The first-order valence-electron chi connectivity index (χ1n) is 1.84. The normalized spacial score (nSPS) is 9.00. The fraction of sp³-hybridized carbons (Fsp3) is 1.00. The van der Waals surface area contributed by atoms with Gasteiger partial charge in [0.25, 0.3) is 0 Å². The van der Waals surface area contributed by atoms with Crippen molar-refractivity contribution in [2.45, 2.75) is 19.6 Å². The zero-order chi connectivity index (χ0) is 5.21. The van der Waals surface area contributed by atoms with Crippen LogP contribution in [0.5, 0.6) is 0 Å². The predicted octanol–water partition coefficient (Wildman–Crippen LogP) is -0.0221. The molecular weight excluding hydrogens is 265 g/mol. The molecule has 0 atom stereocenters. The molecule has 0 saturated heterocycles. The van der Waals surface area contributed by atoms with Crippen molar-refractivity contribution in [2.75, 3.05) is 7.11 Å². The third-order valence-corrected chi connectivity index (χ3v) is 0.500. The second kappa shape index (κ2) is 7.31. The molecule has 2 radical (unpaired) electrons. The molecule has 0 aliphatic heterocycles. The molecule has 0 amide bonds. The number of rotatable bonds is 1. The Morgan fingerprint density at radius 2 is 1.50 bits per heavy atom. The Morgan fingerprint density at radius 3 is 1.50 bits per heavy atom. The Kier molecular flexibility index (Phi) is 15.2. The molecule has 0 spiro atoms. The molecular formula is C4H10BaO2Ti. The van der Waals surface area contributed by atoms with Gasteiger partial charge in [0.2, 0.25) is 0 Å². The zero-order valence-corrected chi connectivity index (χ0v) is 11.6. The Bertz CT molecular complexity index is 43.8. The van der Waals surface area contributed by atoms with E-state index in [4.69, 9.17) is 5.11 Å². The van der Waals surface area contributed by atoms with E-state index in [1.165, 1.54) is 7.11 Å². The van der Waals surface area contributed by atoms with E-state index in [2.05, 4.69) is 4.74 Å². The van der Waals surface area contributed by atoms with E-state index in [1.807, 2.05) is 0 Å². The fourth-order valence-electron chi connectivity index (χ4n) is 0. The minimum atomic E-state index is -0.958. The van der Waals surface area contributed by atoms with Crippen molar-refractivity contribution in [3.63, 3.8) is 0 Å². The monoisotopic (exact) mass is 276 g/mol. The SMILES string of the molecule is COC(C)(C)O.[Ba].[Ti]. The Labute approximate surface area is 105 Å². The van der Waals surface area contributed by atoms with Crippen LogP contribution in [0.1, 0.15) is 13.8 Å². The van der Waals surface area contributed by atoms with Gasteiger partial charge in [-0.2, -0.15) is 0 Å². The minimum Gasteiger partial charge on any atom is -0.366 e. The molecule has 0 bridgehead atoms. The maximum Gasteiger partial charge on any atom is 0.159 e. The van der Waals surface area contributed by atoms with Crippen LogP contribution in [0.3, 0.4) is 0 Å². The van der Waals surface area contributed by atoms with Gasteiger partial charge in [-0.3, -0.25) is 0 Å². The summed E-state index contributed by atoms with van der Waals surface area (Å²) < 4.78 is 4.49. The summed E-state index contributed by atoms with van der Waals surface area (Å²) in [4.78, 5) is 0. The summed E-state index contributed by atoms with van der Waals surface area (Å²) in [7, 11) is 1.46. The predicted molar refractivity (Wildman–Crippen MR) is 29.1 cm³/mol. The van der Waals surface area contributed by atoms with Gasteiger partial charge in [-0.05, 0) is 13.8 Å². The van der Waals surface area contributed by atoms with Gasteiger partial charge >= 0.3 is 0 Å². The number of hydrogen-bond donors (Lipinski definition) is 1. The molecule has 0 aliphatic carbocycles. The number of hydrogen-bond acceptors (Lipinski definition) is 2. The summed E-state index contributed by atoms with van der Waals surface area (Å²) in [6.45, 7) is 3.15. The molecule has 8 heavy (non-hydrogen) atoms. The van der Waals surface area contributed by atoms with Gasteiger partial charge in [0, 0.05) is 77.7 Å². The molecule has 0 unspecified atom stereocenters. The molecule has 0 rings (SSSR count). The molecule has 44 valence electrons. The summed E-state index contributed by atoms with van der Waals surface area (Å²) in [5, 5.41) is 8.60. The molecule has 1 N–H and O–H groups in total. The van der Waals surface area contributed by atoms with E-state index in [-0.39, 0.29) is 70.6 Å². The first-order chi connectivity index (χ1) is 2.56. The summed E-state index contributed by atoms with van der Waals surface area (Å²) in [5.41, 5.74) is 0. The van der Waals surface area contributed by atoms with Crippen LogP contribution in [0, 0.1) is 0 Å². The molecule has 0 aliphatic rings. The summed E-state index contributed by atoms with van der Waals surface area (Å²) >= 11 is 0. The van der Waals surface area contributed by atoms with E-state index in [0.717, 1.165) is 0 Å². The average molecular weight is 275 g/mol. The van der Waals surface area contributed by atoms with Gasteiger partial charge in [0.1, 0.15) is 0 Å². The van der Waals surface area contributed by atoms with Crippen LogP contribution in [0.15, 0.2) is 0 Å². The van der Waals surface area contributed by atoms with Crippen LogP contribution >= 0.6 is 0 Å². The molecule has 0 aromatic carbocycles. The summed E-state index contributed by atoms with van der Waals surface area (Å²) in [5.74, 6) is -0.958. The molecule has 4 heteroatoms. The first kappa shape index (κ1) is 16.7. The maximum atomic E-state index is 8.60. The van der Waals surface area contributed by atoms with E-state index in [1.54, 1.807) is 13.8 Å². The van der Waals surface area contributed by atoms with Gasteiger partial charge in [-0.15, -0.1) is 0 Å². The largest absolute Gasteiger partial charge is 0.366 e. The summed E-state index contributed by atoms with van der Waals surface area (Å²) in [6.07, 6.45) is 0. The second-order valence-corrected chi connectivity index (χ2v) is 1.65. The first-order valence-corrected chi connectivity index (χ1v) is 1.84. The van der Waals surface area contributed by atoms with Gasteiger partial charge in [0.15, 0.2) is 5.79 Å². The Morgan fingerprint density at radius 1 is 1.38 bits per heavy atom. The molecule has 0 aromatic heterocycles. The van der Waals surface area contributed by atoms with Crippen LogP contribution in [-0.2, 0) is 26.5 Å². The molecule has 2 nitrogen and oxygen atoms in total. The van der Waals surface area contributed by atoms with Crippen molar-refractivity contribution >= 4 is 48.9 Å². The van der Waals surface area contributed by atoms with Crippen LogP contribution in [-0.4, -0.2) is 66.9 Å². The van der Waals surface area contributed by atoms with Crippen molar-refractivity contribution < 1.29 is 31.6 Å². The number of aliphatic hydroxyl groups is 1. The second-order valence-electron chi connectivity index (χ2n) is 1.65. The van der Waals surface area contributed by atoms with Crippen LogP contribution in [0.4, 0.5) is 0 Å². The van der Waals surface area contributed by atoms with E-state index in [0.29, 0.717) is 0 Å². The van der Waals surface area contributed by atoms with Crippen LogP contribution in [0.2, 0.25) is 0 Å². The maximum absolute atomic E-state index is 8.60. The quantitative estimate of drug-likeness (QED) is 0.538. The fourth-order valence-corrected chi connectivity index (χ4v) is 0. The Hall–Kier alpha value is 2.21. The zero-order valence-electron chi connectivity index (χ0n) is 5.56. The smallest absolute Gasteiger partial charge is 0.159 e. The topological polar surface area (TPSA) is 29.5 Å². The van der Waals surface area contributed by atoms with Gasteiger partial charge in [-0.1, -0.05) is 0 Å². The van der Waals surface area contributed by atoms with Gasteiger partial charge < -0.3 is 9.84 Å². The number of ether oxygens (including phenoxy) is 1. The minimum absolute atomic E-state index is 0. The average Bonchev–Trinajstić information content (AvgIpc) is 1.35. The van der Waals surface area contributed by atoms with Gasteiger partial charge in [-0.25, -0.2) is 0 Å². The van der Waals surface area contributed by atoms with Gasteiger partial charge in [0.05, 0.1) is 0 Å². The molecule has 0 saturated carbocycles. The third-order valence-electron chi connectivity index (χ3n) is 0.500. The number of methoxy groups -OCH3 is 1. The van der Waals surface area contributed by atoms with Crippen molar-refractivity contribution in [1.82, 2.24) is 0 Å². The Balaban J connectivity index is -0.000000125. The van der Waals surface area contributed by atoms with Crippen molar-refractivity contribution in [2.24, 2.45) is 0 Å². The van der Waals surface area contributed by atoms with Crippen molar-refractivity contribution in [3.8, 4) is 0 Å². The van der Waals surface area contributed by atoms with Crippen LogP contribution < -0.4 is 0 Å². The van der Waals surface area contributed by atoms with Crippen LogP contribution in [0.25, 0.3) is 0 Å². The van der Waals surface area contributed by atoms with E-state index in [9.17, 15) is 0 Å². The molecule has 0 heterocycles. The van der Waals surface area contributed by atoms with Crippen molar-refractivity contribution in [1.29, 1.82) is 0 Å². The summed E-state index contributed by atoms with van der Waals surface area (Å²) in [6, 6.07) is 0. The standard InChI is InChI=1S/C4H10O2.Ba.Ti/c1-4(2,5)6-3;;/h5H,1-3H3;;. The van der Waals surface area contributed by atoms with E-state index >= 15 is 0 Å². The molecule has 0 fully saturated rings. The van der Waals surface area contributed by atoms with Crippen molar-refractivity contribution in [3.05, 3.63) is 0 Å².